The summed E-state index contributed by atoms with van der Waals surface area (Å²) in [5.74, 6) is 0.453. The number of aryl methyl sites for hydroxylation is 1. The summed E-state index contributed by atoms with van der Waals surface area (Å²) in [6, 6.07) is 16.8. The van der Waals surface area contributed by atoms with Gasteiger partial charge in [-0.1, -0.05) is 44.2 Å². The Hall–Kier alpha value is -4.06. The molecule has 0 saturated carbocycles. The number of ketones is 1. The number of phenols is 1. The summed E-state index contributed by atoms with van der Waals surface area (Å²) in [4.78, 5) is 27.9. The lowest BCUT2D eigenvalue weighted by Gasteiger charge is -2.37. The van der Waals surface area contributed by atoms with Crippen molar-refractivity contribution in [2.24, 2.45) is 5.41 Å². The molecule has 0 bridgehead atoms. The molecule has 1 aliphatic heterocycles. The first-order valence-electron chi connectivity index (χ1n) is 14.0. The van der Waals surface area contributed by atoms with Gasteiger partial charge in [0.25, 0.3) is 0 Å². The van der Waals surface area contributed by atoms with Crippen LogP contribution in [0.3, 0.4) is 0 Å². The highest BCUT2D eigenvalue weighted by Gasteiger charge is 2.29. The molecule has 40 heavy (non-hydrogen) atoms. The number of hydrogen-bond acceptors (Lipinski definition) is 6. The van der Waals surface area contributed by atoms with Crippen molar-refractivity contribution in [2.75, 3.05) is 23.3 Å². The lowest BCUT2D eigenvalue weighted by atomic mass is 9.82. The van der Waals surface area contributed by atoms with Crippen molar-refractivity contribution >= 4 is 28.3 Å². The van der Waals surface area contributed by atoms with E-state index >= 15 is 0 Å². The minimum absolute atomic E-state index is 0.0134. The van der Waals surface area contributed by atoms with E-state index in [0.717, 1.165) is 53.9 Å². The van der Waals surface area contributed by atoms with Gasteiger partial charge in [0, 0.05) is 29.9 Å². The molecule has 0 radical (unpaired) electrons. The van der Waals surface area contributed by atoms with E-state index in [1.807, 2.05) is 50.2 Å². The largest absolute Gasteiger partial charge is 0.507 e. The maximum absolute atomic E-state index is 13.6. The number of para-hydroxylation sites is 1. The second-order valence-corrected chi connectivity index (χ2v) is 11.9. The van der Waals surface area contributed by atoms with Gasteiger partial charge in [0.15, 0.2) is 11.2 Å². The fourth-order valence-electron chi connectivity index (χ4n) is 5.65. The number of aromatic hydroxyl groups is 1. The fraction of sp³-hybridized carbons (Fsp3) is 0.353. The van der Waals surface area contributed by atoms with Crippen molar-refractivity contribution in [2.45, 2.75) is 60.4 Å². The van der Waals surface area contributed by atoms with Crippen LogP contribution in [0.4, 0.5) is 11.6 Å². The van der Waals surface area contributed by atoms with Gasteiger partial charge in [-0.15, -0.1) is 0 Å². The first kappa shape index (κ1) is 27.5. The van der Waals surface area contributed by atoms with E-state index in [4.69, 9.17) is 4.42 Å². The lowest BCUT2D eigenvalue weighted by molar-refractivity contribution is 0.101. The number of nitrogens with zero attached hydrogens (tertiary/aromatic N) is 1. The average molecular weight is 539 g/mol. The van der Waals surface area contributed by atoms with Gasteiger partial charge in [0.1, 0.15) is 11.3 Å². The van der Waals surface area contributed by atoms with Gasteiger partial charge in [0.05, 0.1) is 22.6 Å². The Kier molecular flexibility index (Phi) is 7.21. The number of hydrogen-bond donors (Lipinski definition) is 2. The topological polar surface area (TPSA) is 82.8 Å². The Bertz CT molecular complexity index is 1660. The second-order valence-electron chi connectivity index (χ2n) is 11.9. The normalized spacial score (nSPS) is 15.7. The zero-order valence-electron chi connectivity index (χ0n) is 24.2. The van der Waals surface area contributed by atoms with Crippen molar-refractivity contribution in [1.82, 2.24) is 0 Å². The molecule has 2 N–H and O–H groups in total. The molecule has 0 aliphatic carbocycles. The first-order chi connectivity index (χ1) is 18.9. The van der Waals surface area contributed by atoms with Crippen LogP contribution in [0, 0.1) is 19.3 Å². The molecule has 4 aromatic rings. The lowest BCUT2D eigenvalue weighted by Crippen LogP contribution is -2.38. The quantitative estimate of drug-likeness (QED) is 0.244. The molecule has 0 spiro atoms. The number of Topliss-reactive ketones (excluding diaryl/α,β-unsaturated/α-hetero) is 1. The number of piperidine rings is 1. The van der Waals surface area contributed by atoms with E-state index in [-0.39, 0.29) is 28.6 Å². The molecule has 3 aromatic carbocycles. The summed E-state index contributed by atoms with van der Waals surface area (Å²) in [5.41, 5.74) is 6.37. The Labute approximate surface area is 235 Å². The molecule has 0 unspecified atom stereocenters. The third kappa shape index (κ3) is 5.23. The SMILES string of the molecule is CC(=O)c1cc(-c2ccccc2N[C@H](C)c2cc(C)cc3c(=O)c(C)c(N4CCC(C)(C)CC4)oc23)ccc1O. The van der Waals surface area contributed by atoms with Gasteiger partial charge in [-0.3, -0.25) is 9.59 Å². The molecule has 1 saturated heterocycles. The predicted molar refractivity (Wildman–Crippen MR) is 163 cm³/mol. The Morgan fingerprint density at radius 2 is 1.75 bits per heavy atom. The highest BCUT2D eigenvalue weighted by Crippen LogP contribution is 2.37. The van der Waals surface area contributed by atoms with E-state index in [2.05, 4.69) is 37.1 Å². The third-order valence-corrected chi connectivity index (χ3v) is 8.22. The van der Waals surface area contributed by atoms with Crippen LogP contribution in [-0.4, -0.2) is 24.0 Å². The molecule has 2 heterocycles. The van der Waals surface area contributed by atoms with Gasteiger partial charge in [-0.05, 0) is 81.3 Å². The third-order valence-electron chi connectivity index (χ3n) is 8.22. The molecule has 1 atom stereocenters. The maximum Gasteiger partial charge on any atom is 0.202 e. The fourth-order valence-corrected chi connectivity index (χ4v) is 5.65. The van der Waals surface area contributed by atoms with Crippen LogP contribution in [0.2, 0.25) is 0 Å². The van der Waals surface area contributed by atoms with Gasteiger partial charge in [-0.25, -0.2) is 0 Å². The Balaban J connectivity index is 1.56. The van der Waals surface area contributed by atoms with Gasteiger partial charge < -0.3 is 19.7 Å². The number of fused-ring (bicyclic) bond motifs is 1. The van der Waals surface area contributed by atoms with Crippen LogP contribution >= 0.6 is 0 Å². The van der Waals surface area contributed by atoms with E-state index in [9.17, 15) is 14.7 Å². The van der Waals surface area contributed by atoms with Gasteiger partial charge in [-0.2, -0.15) is 0 Å². The predicted octanol–water partition coefficient (Wildman–Crippen LogP) is 7.78. The smallest absolute Gasteiger partial charge is 0.202 e. The number of nitrogens with one attached hydrogen (secondary N) is 1. The first-order valence-corrected chi connectivity index (χ1v) is 14.0. The summed E-state index contributed by atoms with van der Waals surface area (Å²) in [7, 11) is 0. The number of carbonyl (C=O) groups is 1. The van der Waals surface area contributed by atoms with Crippen LogP contribution in [0.5, 0.6) is 5.75 Å². The van der Waals surface area contributed by atoms with Crippen molar-refractivity contribution < 1.29 is 14.3 Å². The zero-order valence-corrected chi connectivity index (χ0v) is 24.2. The van der Waals surface area contributed by atoms with Crippen LogP contribution in [0.15, 0.2) is 63.8 Å². The zero-order chi connectivity index (χ0) is 28.8. The average Bonchev–Trinajstić information content (AvgIpc) is 2.91. The van der Waals surface area contributed by atoms with Crippen LogP contribution in [-0.2, 0) is 0 Å². The summed E-state index contributed by atoms with van der Waals surface area (Å²) in [5, 5.41) is 14.4. The minimum Gasteiger partial charge on any atom is -0.507 e. The molecule has 208 valence electrons. The minimum atomic E-state index is -0.192. The summed E-state index contributed by atoms with van der Waals surface area (Å²) < 4.78 is 6.62. The van der Waals surface area contributed by atoms with Crippen molar-refractivity contribution in [3.8, 4) is 16.9 Å². The van der Waals surface area contributed by atoms with Crippen LogP contribution in [0.25, 0.3) is 22.1 Å². The monoisotopic (exact) mass is 538 g/mol. The Morgan fingerprint density at radius 3 is 2.45 bits per heavy atom. The summed E-state index contributed by atoms with van der Waals surface area (Å²) >= 11 is 0. The molecule has 1 aromatic heterocycles. The highest BCUT2D eigenvalue weighted by molar-refractivity contribution is 5.98. The molecule has 6 nitrogen and oxygen atoms in total. The molecule has 1 aliphatic rings. The van der Waals surface area contributed by atoms with E-state index in [1.54, 1.807) is 12.1 Å². The number of phenolic OH excluding ortho intramolecular Hbond substituents is 1. The number of rotatable bonds is 6. The standard InChI is InChI=1S/C34H38N2O4/c1-20-17-26(32-28(18-20)31(39)21(2)33(40-32)36-15-13-34(5,6)14-16-36)22(3)35-29-10-8-7-9-25(29)24-11-12-30(38)27(19-24)23(4)37/h7-12,17-19,22,35,38H,13-16H2,1-6H3/t22-/m1/s1. The number of carbonyl (C=O) groups excluding carboxylic acids is 1. The summed E-state index contributed by atoms with van der Waals surface area (Å²) in [6.45, 7) is 13.7. The van der Waals surface area contributed by atoms with E-state index < -0.39 is 0 Å². The molecule has 0 amide bonds. The summed E-state index contributed by atoms with van der Waals surface area (Å²) in [6.07, 6.45) is 2.10. The molecular formula is C34H38N2O4. The van der Waals surface area contributed by atoms with Gasteiger partial charge >= 0.3 is 0 Å². The highest BCUT2D eigenvalue weighted by atomic mass is 16.4. The van der Waals surface area contributed by atoms with Crippen LogP contribution < -0.4 is 15.6 Å². The van der Waals surface area contributed by atoms with Crippen LogP contribution in [0.1, 0.15) is 73.6 Å². The van der Waals surface area contributed by atoms with E-state index in [1.165, 1.54) is 6.92 Å². The molecule has 5 rings (SSSR count). The van der Waals surface area contributed by atoms with E-state index in [0.29, 0.717) is 27.8 Å². The van der Waals surface area contributed by atoms with Gasteiger partial charge in [0.2, 0.25) is 5.88 Å². The molecular weight excluding hydrogens is 500 g/mol. The second kappa shape index (κ2) is 10.5. The molecule has 6 heteroatoms. The maximum atomic E-state index is 13.6. The number of benzene rings is 3. The van der Waals surface area contributed by atoms with Crippen molar-refractivity contribution in [1.29, 1.82) is 0 Å². The molecule has 1 fully saturated rings. The van der Waals surface area contributed by atoms with Crippen molar-refractivity contribution in [3.63, 3.8) is 0 Å². The number of anilines is 2. The Morgan fingerprint density at radius 1 is 1.05 bits per heavy atom. The van der Waals surface area contributed by atoms with Crippen molar-refractivity contribution in [3.05, 3.63) is 87.1 Å².